The molecular formula is C28H27FO3. The van der Waals surface area contributed by atoms with Gasteiger partial charge in [0.05, 0.1) is 5.56 Å². The summed E-state index contributed by atoms with van der Waals surface area (Å²) in [7, 11) is 0. The van der Waals surface area contributed by atoms with Gasteiger partial charge in [-0.2, -0.15) is 0 Å². The fourth-order valence-electron chi connectivity index (χ4n) is 3.14. The van der Waals surface area contributed by atoms with E-state index in [2.05, 4.69) is 13.2 Å². The summed E-state index contributed by atoms with van der Waals surface area (Å²) in [5, 5.41) is 0. The third kappa shape index (κ3) is 6.67. The predicted octanol–water partition coefficient (Wildman–Crippen LogP) is 6.86. The van der Waals surface area contributed by atoms with E-state index in [1.807, 2.05) is 48.6 Å². The molecule has 0 aliphatic carbocycles. The van der Waals surface area contributed by atoms with E-state index < -0.39 is 11.8 Å². The Morgan fingerprint density at radius 2 is 1.38 bits per heavy atom. The van der Waals surface area contributed by atoms with Gasteiger partial charge < -0.3 is 9.47 Å². The average molecular weight is 431 g/mol. The number of hydrogen-bond donors (Lipinski definition) is 0. The molecule has 164 valence electrons. The molecule has 4 heteroatoms. The molecule has 0 heterocycles. The first-order valence-electron chi connectivity index (χ1n) is 10.6. The number of aryl methyl sites for hydroxylation is 2. The second-order valence-corrected chi connectivity index (χ2v) is 7.44. The predicted molar refractivity (Wildman–Crippen MR) is 126 cm³/mol. The molecule has 32 heavy (non-hydrogen) atoms. The Bertz CT molecular complexity index is 1050. The topological polar surface area (TPSA) is 35.5 Å². The van der Waals surface area contributed by atoms with Gasteiger partial charge in [-0.25, -0.2) is 9.18 Å². The van der Waals surface area contributed by atoms with Crippen LogP contribution in [0, 0.1) is 5.82 Å². The Balaban J connectivity index is 1.55. The van der Waals surface area contributed by atoms with E-state index in [1.54, 1.807) is 18.2 Å². The van der Waals surface area contributed by atoms with Gasteiger partial charge in [-0.3, -0.25) is 0 Å². The Hall–Kier alpha value is -3.66. The van der Waals surface area contributed by atoms with Gasteiger partial charge in [-0.05, 0) is 78.8 Å². The number of esters is 1. The van der Waals surface area contributed by atoms with Crippen molar-refractivity contribution in [2.75, 3.05) is 0 Å². The lowest BCUT2D eigenvalue weighted by molar-refractivity contribution is 0.0727. The fourth-order valence-corrected chi connectivity index (χ4v) is 3.14. The van der Waals surface area contributed by atoms with Crippen LogP contribution in [0.4, 0.5) is 4.39 Å². The van der Waals surface area contributed by atoms with Crippen LogP contribution in [0.2, 0.25) is 0 Å². The Morgan fingerprint density at radius 3 is 1.94 bits per heavy atom. The highest BCUT2D eigenvalue weighted by atomic mass is 19.1. The minimum atomic E-state index is -0.609. The van der Waals surface area contributed by atoms with Crippen LogP contribution in [0.1, 0.15) is 39.9 Å². The maximum absolute atomic E-state index is 14.5. The zero-order valence-corrected chi connectivity index (χ0v) is 18.1. The standard InChI is InChI=1S/C28H27FO3/c1-3-5-7-21-9-14-24(15-10-21)28(30)32-27-18-13-23(19-26(27)29)20-31-25-16-11-22(12-17-25)8-6-4-2/h3-4,9-19H,1-2,5-8,20H2. The monoisotopic (exact) mass is 430 g/mol. The van der Waals surface area contributed by atoms with Crippen molar-refractivity contribution in [3.05, 3.63) is 120 Å². The van der Waals surface area contributed by atoms with E-state index in [-0.39, 0.29) is 12.4 Å². The molecule has 0 saturated heterocycles. The fraction of sp³-hybridized carbons (Fsp3) is 0.179. The number of allylic oxidation sites excluding steroid dienone is 2. The number of carbonyl (C=O) groups is 1. The molecule has 3 aromatic rings. The van der Waals surface area contributed by atoms with Crippen molar-refractivity contribution in [2.45, 2.75) is 32.3 Å². The first-order chi connectivity index (χ1) is 15.6. The van der Waals surface area contributed by atoms with Gasteiger partial charge in [0.15, 0.2) is 11.6 Å². The molecule has 0 bridgehead atoms. The van der Waals surface area contributed by atoms with Crippen molar-refractivity contribution >= 4 is 5.97 Å². The van der Waals surface area contributed by atoms with Crippen LogP contribution >= 0.6 is 0 Å². The van der Waals surface area contributed by atoms with Crippen molar-refractivity contribution in [2.24, 2.45) is 0 Å². The molecule has 0 saturated carbocycles. The van der Waals surface area contributed by atoms with Gasteiger partial charge in [0, 0.05) is 0 Å². The van der Waals surface area contributed by atoms with Gasteiger partial charge in [-0.15, -0.1) is 13.2 Å². The maximum atomic E-state index is 14.5. The highest BCUT2D eigenvalue weighted by Crippen LogP contribution is 2.22. The summed E-state index contributed by atoms with van der Waals surface area (Å²) >= 11 is 0. The van der Waals surface area contributed by atoms with E-state index in [9.17, 15) is 9.18 Å². The normalized spacial score (nSPS) is 10.4. The third-order valence-corrected chi connectivity index (χ3v) is 4.99. The van der Waals surface area contributed by atoms with Gasteiger partial charge in [0.1, 0.15) is 12.4 Å². The number of carbonyl (C=O) groups excluding carboxylic acids is 1. The zero-order valence-electron chi connectivity index (χ0n) is 18.1. The number of hydrogen-bond acceptors (Lipinski definition) is 3. The molecule has 0 fully saturated rings. The highest BCUT2D eigenvalue weighted by molar-refractivity contribution is 5.91. The Morgan fingerprint density at radius 1 is 0.812 bits per heavy atom. The Labute approximate surface area is 188 Å². The van der Waals surface area contributed by atoms with Crippen LogP contribution in [0.3, 0.4) is 0 Å². The summed E-state index contributed by atoms with van der Waals surface area (Å²) in [6, 6.07) is 19.4. The summed E-state index contributed by atoms with van der Waals surface area (Å²) < 4.78 is 25.4. The van der Waals surface area contributed by atoms with E-state index >= 15 is 0 Å². The molecule has 0 spiro atoms. The summed E-state index contributed by atoms with van der Waals surface area (Å²) in [5.41, 5.74) is 3.32. The summed E-state index contributed by atoms with van der Waals surface area (Å²) in [5.74, 6) is -0.609. The zero-order chi connectivity index (χ0) is 22.8. The number of rotatable bonds is 11. The second kappa shape index (κ2) is 11.7. The molecular weight excluding hydrogens is 403 g/mol. The van der Waals surface area contributed by atoms with Crippen molar-refractivity contribution in [3.8, 4) is 11.5 Å². The molecule has 0 unspecified atom stereocenters. The lowest BCUT2D eigenvalue weighted by atomic mass is 10.1. The van der Waals surface area contributed by atoms with Crippen LogP contribution < -0.4 is 9.47 Å². The molecule has 3 rings (SSSR count). The van der Waals surface area contributed by atoms with E-state index in [1.165, 1.54) is 17.7 Å². The number of benzene rings is 3. The van der Waals surface area contributed by atoms with Gasteiger partial charge >= 0.3 is 5.97 Å². The first-order valence-corrected chi connectivity index (χ1v) is 10.6. The quantitative estimate of drug-likeness (QED) is 0.189. The number of ether oxygens (including phenoxy) is 2. The third-order valence-electron chi connectivity index (χ3n) is 4.99. The maximum Gasteiger partial charge on any atom is 0.343 e. The van der Waals surface area contributed by atoms with E-state index in [0.717, 1.165) is 31.2 Å². The molecule has 0 aromatic heterocycles. The van der Waals surface area contributed by atoms with Crippen molar-refractivity contribution in [1.82, 2.24) is 0 Å². The second-order valence-electron chi connectivity index (χ2n) is 7.44. The van der Waals surface area contributed by atoms with Crippen molar-refractivity contribution in [1.29, 1.82) is 0 Å². The molecule has 0 aliphatic rings. The van der Waals surface area contributed by atoms with Crippen LogP contribution in [-0.4, -0.2) is 5.97 Å². The summed E-state index contributed by atoms with van der Waals surface area (Å²) in [6.45, 7) is 7.64. The van der Waals surface area contributed by atoms with Crippen molar-refractivity contribution < 1.29 is 18.7 Å². The lowest BCUT2D eigenvalue weighted by Gasteiger charge is -2.10. The molecule has 0 N–H and O–H groups in total. The molecule has 0 atom stereocenters. The van der Waals surface area contributed by atoms with Gasteiger partial charge in [-0.1, -0.05) is 42.5 Å². The van der Waals surface area contributed by atoms with Crippen molar-refractivity contribution in [3.63, 3.8) is 0 Å². The summed E-state index contributed by atoms with van der Waals surface area (Å²) in [6.07, 6.45) is 7.33. The number of halogens is 1. The minimum absolute atomic E-state index is 0.110. The SMILES string of the molecule is C=CCCc1ccc(OCc2ccc(OC(=O)c3ccc(CCC=C)cc3)c(F)c2)cc1. The minimum Gasteiger partial charge on any atom is -0.489 e. The molecule has 0 amide bonds. The smallest absolute Gasteiger partial charge is 0.343 e. The summed E-state index contributed by atoms with van der Waals surface area (Å²) in [4.78, 5) is 12.3. The first kappa shape index (κ1) is 23.0. The molecule has 3 nitrogen and oxygen atoms in total. The van der Waals surface area contributed by atoms with Crippen LogP contribution in [0.25, 0.3) is 0 Å². The highest BCUT2D eigenvalue weighted by Gasteiger charge is 2.13. The molecule has 0 radical (unpaired) electrons. The average Bonchev–Trinajstić information content (AvgIpc) is 2.82. The van der Waals surface area contributed by atoms with Gasteiger partial charge in [0.25, 0.3) is 0 Å². The van der Waals surface area contributed by atoms with Crippen LogP contribution in [-0.2, 0) is 19.4 Å². The van der Waals surface area contributed by atoms with Crippen LogP contribution in [0.5, 0.6) is 11.5 Å². The van der Waals surface area contributed by atoms with E-state index in [4.69, 9.17) is 9.47 Å². The van der Waals surface area contributed by atoms with E-state index in [0.29, 0.717) is 16.9 Å². The van der Waals surface area contributed by atoms with Gasteiger partial charge in [0.2, 0.25) is 0 Å². The Kier molecular flexibility index (Phi) is 8.38. The lowest BCUT2D eigenvalue weighted by Crippen LogP contribution is -2.10. The molecule has 0 aliphatic heterocycles. The largest absolute Gasteiger partial charge is 0.489 e. The molecule has 3 aromatic carbocycles. The van der Waals surface area contributed by atoms with Crippen LogP contribution in [0.15, 0.2) is 92.0 Å².